The molecule has 3 rings (SSSR count). The van der Waals surface area contributed by atoms with Crippen LogP contribution in [0.25, 0.3) is 0 Å². The van der Waals surface area contributed by atoms with Crippen LogP contribution in [-0.4, -0.2) is 58.0 Å². The standard InChI is InChI=1S/C18H27N3O4S.ClH/c1-25-16-2-4-17(5-3-16)26(23,24)21-12-8-14(9-13-21)18(22)20-15-6-10-19-11-7-15;/h2-5,14-15,19H,6-13H2,1H3,(H,20,22);1H. The highest BCUT2D eigenvalue weighted by atomic mass is 35.5. The third-order valence-corrected chi connectivity index (χ3v) is 7.12. The molecule has 0 atom stereocenters. The molecule has 0 radical (unpaired) electrons. The van der Waals surface area contributed by atoms with Crippen LogP contribution in [0, 0.1) is 5.92 Å². The number of amides is 1. The van der Waals surface area contributed by atoms with Crippen molar-refractivity contribution >= 4 is 28.3 Å². The number of nitrogens with one attached hydrogen (secondary N) is 2. The largest absolute Gasteiger partial charge is 0.497 e. The number of carbonyl (C=O) groups excluding carboxylic acids is 1. The fourth-order valence-electron chi connectivity index (χ4n) is 3.54. The Kier molecular flexibility index (Phi) is 7.91. The van der Waals surface area contributed by atoms with Gasteiger partial charge in [0.25, 0.3) is 0 Å². The SMILES string of the molecule is COc1ccc(S(=O)(=O)N2CCC(C(=O)NC3CCNCC3)CC2)cc1.Cl. The highest BCUT2D eigenvalue weighted by Gasteiger charge is 2.32. The van der Waals surface area contributed by atoms with Gasteiger partial charge >= 0.3 is 0 Å². The molecule has 0 aliphatic carbocycles. The average molecular weight is 418 g/mol. The molecule has 9 heteroatoms. The Hall–Kier alpha value is -1.35. The van der Waals surface area contributed by atoms with Gasteiger partial charge in [0.15, 0.2) is 0 Å². The first kappa shape index (κ1) is 21.9. The molecule has 2 fully saturated rings. The summed E-state index contributed by atoms with van der Waals surface area (Å²) in [4.78, 5) is 12.7. The van der Waals surface area contributed by atoms with Gasteiger partial charge in [0.1, 0.15) is 5.75 Å². The molecule has 0 unspecified atom stereocenters. The van der Waals surface area contributed by atoms with Gasteiger partial charge in [-0.25, -0.2) is 8.42 Å². The third-order valence-electron chi connectivity index (χ3n) is 5.21. The number of ether oxygens (including phenoxy) is 1. The smallest absolute Gasteiger partial charge is 0.243 e. The van der Waals surface area contributed by atoms with Gasteiger partial charge in [0.2, 0.25) is 15.9 Å². The lowest BCUT2D eigenvalue weighted by Gasteiger charge is -2.32. The van der Waals surface area contributed by atoms with Crippen molar-refractivity contribution in [1.82, 2.24) is 14.9 Å². The minimum absolute atomic E-state index is 0. The van der Waals surface area contributed by atoms with Crippen LogP contribution in [0.3, 0.4) is 0 Å². The van der Waals surface area contributed by atoms with Crippen LogP contribution in [0.5, 0.6) is 5.75 Å². The van der Waals surface area contributed by atoms with Gasteiger partial charge in [-0.05, 0) is 63.0 Å². The third kappa shape index (κ3) is 5.34. The molecule has 7 nitrogen and oxygen atoms in total. The van der Waals surface area contributed by atoms with E-state index in [4.69, 9.17) is 4.74 Å². The number of hydrogen-bond acceptors (Lipinski definition) is 5. The van der Waals surface area contributed by atoms with Gasteiger partial charge in [-0.3, -0.25) is 4.79 Å². The Morgan fingerprint density at radius 2 is 1.70 bits per heavy atom. The van der Waals surface area contributed by atoms with Crippen molar-refractivity contribution in [3.8, 4) is 5.75 Å². The van der Waals surface area contributed by atoms with E-state index in [2.05, 4.69) is 10.6 Å². The molecule has 2 heterocycles. The van der Waals surface area contributed by atoms with Crippen LogP contribution in [0.1, 0.15) is 25.7 Å². The lowest BCUT2D eigenvalue weighted by molar-refractivity contribution is -0.127. The highest BCUT2D eigenvalue weighted by molar-refractivity contribution is 7.89. The first-order chi connectivity index (χ1) is 12.5. The van der Waals surface area contributed by atoms with Crippen molar-refractivity contribution < 1.29 is 17.9 Å². The van der Waals surface area contributed by atoms with E-state index in [1.165, 1.54) is 4.31 Å². The number of hydrogen-bond donors (Lipinski definition) is 2. The monoisotopic (exact) mass is 417 g/mol. The predicted molar refractivity (Wildman–Crippen MR) is 106 cm³/mol. The number of halogens is 1. The normalized spacial score (nSPS) is 19.9. The van der Waals surface area contributed by atoms with Gasteiger partial charge in [-0.15, -0.1) is 12.4 Å². The van der Waals surface area contributed by atoms with Crippen LogP contribution in [0.15, 0.2) is 29.2 Å². The highest BCUT2D eigenvalue weighted by Crippen LogP contribution is 2.25. The topological polar surface area (TPSA) is 87.7 Å². The Labute approximate surface area is 167 Å². The van der Waals surface area contributed by atoms with E-state index in [1.54, 1.807) is 31.4 Å². The summed E-state index contributed by atoms with van der Waals surface area (Å²) in [5.41, 5.74) is 0. The van der Waals surface area contributed by atoms with Crippen LogP contribution >= 0.6 is 12.4 Å². The molecule has 0 saturated carbocycles. The van der Waals surface area contributed by atoms with E-state index in [9.17, 15) is 13.2 Å². The first-order valence-corrected chi connectivity index (χ1v) is 10.6. The van der Waals surface area contributed by atoms with Crippen molar-refractivity contribution in [1.29, 1.82) is 0 Å². The zero-order chi connectivity index (χ0) is 18.6. The molecule has 152 valence electrons. The maximum atomic E-state index is 12.8. The molecule has 27 heavy (non-hydrogen) atoms. The fraction of sp³-hybridized carbons (Fsp3) is 0.611. The van der Waals surface area contributed by atoms with Crippen molar-refractivity contribution in [3.05, 3.63) is 24.3 Å². The summed E-state index contributed by atoms with van der Waals surface area (Å²) >= 11 is 0. The fourth-order valence-corrected chi connectivity index (χ4v) is 5.01. The molecular weight excluding hydrogens is 390 g/mol. The maximum absolute atomic E-state index is 12.8. The Morgan fingerprint density at radius 1 is 1.11 bits per heavy atom. The molecule has 1 aromatic rings. The number of carbonyl (C=O) groups is 1. The van der Waals surface area contributed by atoms with Crippen LogP contribution < -0.4 is 15.4 Å². The molecule has 2 aliphatic rings. The summed E-state index contributed by atoms with van der Waals surface area (Å²) in [6.45, 7) is 2.62. The molecule has 1 aromatic carbocycles. The van der Waals surface area contributed by atoms with Crippen molar-refractivity contribution in [2.45, 2.75) is 36.6 Å². The summed E-state index contributed by atoms with van der Waals surface area (Å²) in [6.07, 6.45) is 3.03. The number of sulfonamides is 1. The number of nitrogens with zero attached hydrogens (tertiary/aromatic N) is 1. The van der Waals surface area contributed by atoms with E-state index in [-0.39, 0.29) is 35.2 Å². The summed E-state index contributed by atoms with van der Waals surface area (Å²) in [7, 11) is -1.98. The second-order valence-corrected chi connectivity index (χ2v) is 8.82. The second-order valence-electron chi connectivity index (χ2n) is 6.89. The number of rotatable bonds is 5. The predicted octanol–water partition coefficient (Wildman–Crippen LogP) is 1.39. The van der Waals surface area contributed by atoms with Crippen molar-refractivity contribution in [2.24, 2.45) is 5.92 Å². The molecule has 2 N–H and O–H groups in total. The minimum Gasteiger partial charge on any atom is -0.497 e. The Morgan fingerprint density at radius 3 is 2.26 bits per heavy atom. The molecule has 2 aliphatic heterocycles. The van der Waals surface area contributed by atoms with E-state index >= 15 is 0 Å². The molecule has 0 bridgehead atoms. The molecule has 1 amide bonds. The van der Waals surface area contributed by atoms with E-state index < -0.39 is 10.0 Å². The number of methoxy groups -OCH3 is 1. The average Bonchev–Trinajstić information content (AvgIpc) is 2.69. The van der Waals surface area contributed by atoms with Gasteiger partial charge in [0.05, 0.1) is 12.0 Å². The number of benzene rings is 1. The van der Waals surface area contributed by atoms with Crippen molar-refractivity contribution in [2.75, 3.05) is 33.3 Å². The summed E-state index contributed by atoms with van der Waals surface area (Å²) in [5.74, 6) is 0.586. The van der Waals surface area contributed by atoms with Gasteiger partial charge in [-0.2, -0.15) is 4.31 Å². The zero-order valence-corrected chi connectivity index (χ0v) is 17.2. The zero-order valence-electron chi connectivity index (χ0n) is 15.5. The first-order valence-electron chi connectivity index (χ1n) is 9.16. The minimum atomic E-state index is -3.53. The lowest BCUT2D eigenvalue weighted by Crippen LogP contribution is -2.47. The molecule has 2 saturated heterocycles. The molecular formula is C18H28ClN3O4S. The van der Waals surface area contributed by atoms with Gasteiger partial charge in [0, 0.05) is 25.0 Å². The quantitative estimate of drug-likeness (QED) is 0.755. The van der Waals surface area contributed by atoms with E-state index in [1.807, 2.05) is 0 Å². The van der Waals surface area contributed by atoms with Gasteiger partial charge in [-0.1, -0.05) is 0 Å². The molecule has 0 aromatic heterocycles. The van der Waals surface area contributed by atoms with Crippen LogP contribution in [0.4, 0.5) is 0 Å². The lowest BCUT2D eigenvalue weighted by atomic mass is 9.96. The Balaban J connectivity index is 0.00000261. The summed E-state index contributed by atoms with van der Waals surface area (Å²) in [6, 6.07) is 6.65. The van der Waals surface area contributed by atoms with E-state index in [0.29, 0.717) is 31.7 Å². The van der Waals surface area contributed by atoms with E-state index in [0.717, 1.165) is 25.9 Å². The van der Waals surface area contributed by atoms with Crippen LogP contribution in [0.2, 0.25) is 0 Å². The van der Waals surface area contributed by atoms with Gasteiger partial charge < -0.3 is 15.4 Å². The summed E-state index contributed by atoms with van der Waals surface area (Å²) < 4.78 is 32.1. The second kappa shape index (κ2) is 9.73. The summed E-state index contributed by atoms with van der Waals surface area (Å²) in [5, 5.41) is 6.41. The Bertz CT molecular complexity index is 713. The molecule has 0 spiro atoms. The number of piperidine rings is 2. The van der Waals surface area contributed by atoms with Crippen molar-refractivity contribution in [3.63, 3.8) is 0 Å². The van der Waals surface area contributed by atoms with Crippen LogP contribution in [-0.2, 0) is 14.8 Å². The maximum Gasteiger partial charge on any atom is 0.243 e.